The maximum absolute atomic E-state index is 12.5. The van der Waals surface area contributed by atoms with Crippen LogP contribution in [-0.4, -0.2) is 25.2 Å². The number of hydrogen-bond donors (Lipinski definition) is 1. The summed E-state index contributed by atoms with van der Waals surface area (Å²) in [5, 5.41) is 3.70. The molecule has 1 aromatic carbocycles. The smallest absolute Gasteiger partial charge is 0.316 e. The number of ether oxygens (including phenoxy) is 1. The number of hydrogen-bond acceptors (Lipinski definition) is 3. The molecule has 2 atom stereocenters. The van der Waals surface area contributed by atoms with Crippen LogP contribution in [0.1, 0.15) is 51.0 Å². The zero-order chi connectivity index (χ0) is 15.4. The Morgan fingerprint density at radius 2 is 1.95 bits per heavy atom. The Balaban J connectivity index is 1.66. The summed E-state index contributed by atoms with van der Waals surface area (Å²) < 4.78 is 5.38. The zero-order valence-corrected chi connectivity index (χ0v) is 13.5. The van der Waals surface area contributed by atoms with Crippen molar-refractivity contribution in [1.29, 1.82) is 0 Å². The first-order chi connectivity index (χ1) is 10.8. The van der Waals surface area contributed by atoms with E-state index in [1.165, 1.54) is 32.1 Å². The first-order valence-corrected chi connectivity index (χ1v) is 8.73. The fourth-order valence-electron chi connectivity index (χ4n) is 3.91. The van der Waals surface area contributed by atoms with Crippen LogP contribution in [0.25, 0.3) is 0 Å². The van der Waals surface area contributed by atoms with Gasteiger partial charge in [-0.2, -0.15) is 0 Å². The molecule has 3 nitrogen and oxygen atoms in total. The van der Waals surface area contributed by atoms with Gasteiger partial charge in [-0.3, -0.25) is 4.79 Å². The van der Waals surface area contributed by atoms with E-state index in [0.29, 0.717) is 18.6 Å². The van der Waals surface area contributed by atoms with Crippen LogP contribution in [0.15, 0.2) is 30.3 Å². The number of nitrogens with one attached hydrogen (secondary N) is 1. The number of benzene rings is 1. The van der Waals surface area contributed by atoms with Crippen molar-refractivity contribution in [2.24, 2.45) is 5.92 Å². The Morgan fingerprint density at radius 3 is 2.64 bits per heavy atom. The molecule has 0 spiro atoms. The minimum Gasteiger partial charge on any atom is -0.465 e. The zero-order valence-electron chi connectivity index (χ0n) is 13.5. The third kappa shape index (κ3) is 3.05. The minimum absolute atomic E-state index is 0.0448. The molecule has 3 rings (SSSR count). The molecule has 0 heterocycles. The van der Waals surface area contributed by atoms with Gasteiger partial charge < -0.3 is 10.1 Å². The SMILES string of the molecule is CCOC(=O)C1(c2ccccc2)CC1CNC1CCCCC1. The third-order valence-electron chi connectivity index (χ3n) is 5.29. The van der Waals surface area contributed by atoms with Crippen LogP contribution in [0, 0.1) is 5.92 Å². The highest BCUT2D eigenvalue weighted by molar-refractivity contribution is 5.87. The van der Waals surface area contributed by atoms with Crippen molar-refractivity contribution >= 4 is 5.97 Å². The predicted octanol–water partition coefficient (Wildman–Crippen LogP) is 3.43. The van der Waals surface area contributed by atoms with Crippen LogP contribution in [0.2, 0.25) is 0 Å². The van der Waals surface area contributed by atoms with E-state index in [1.807, 2.05) is 25.1 Å². The van der Waals surface area contributed by atoms with E-state index in [-0.39, 0.29) is 5.97 Å². The summed E-state index contributed by atoms with van der Waals surface area (Å²) in [5.41, 5.74) is 0.711. The normalized spacial score (nSPS) is 28.3. The van der Waals surface area contributed by atoms with Crippen LogP contribution in [0.3, 0.4) is 0 Å². The standard InChI is InChI=1S/C19H27NO2/c1-2-22-18(21)19(15-9-5-3-6-10-15)13-16(19)14-20-17-11-7-4-8-12-17/h3,5-6,9-10,16-17,20H,2,4,7-8,11-14H2,1H3. The molecule has 22 heavy (non-hydrogen) atoms. The molecule has 2 fully saturated rings. The van der Waals surface area contributed by atoms with Gasteiger partial charge in [0, 0.05) is 6.04 Å². The fraction of sp³-hybridized carbons (Fsp3) is 0.632. The largest absolute Gasteiger partial charge is 0.465 e. The minimum atomic E-state index is -0.404. The Hall–Kier alpha value is -1.35. The Morgan fingerprint density at radius 1 is 1.23 bits per heavy atom. The molecule has 2 unspecified atom stereocenters. The molecule has 1 N–H and O–H groups in total. The van der Waals surface area contributed by atoms with E-state index in [0.717, 1.165) is 18.5 Å². The van der Waals surface area contributed by atoms with Gasteiger partial charge in [-0.05, 0) is 44.2 Å². The number of carbonyl (C=O) groups is 1. The second-order valence-corrected chi connectivity index (χ2v) is 6.70. The van der Waals surface area contributed by atoms with E-state index in [2.05, 4.69) is 17.4 Å². The molecule has 2 saturated carbocycles. The van der Waals surface area contributed by atoms with Gasteiger partial charge in [0.2, 0.25) is 0 Å². The molecule has 0 bridgehead atoms. The van der Waals surface area contributed by atoms with Crippen LogP contribution in [0.5, 0.6) is 0 Å². The Bertz CT molecular complexity index is 495. The van der Waals surface area contributed by atoms with Crippen molar-refractivity contribution in [2.75, 3.05) is 13.2 Å². The molecule has 0 aromatic heterocycles. The lowest BCUT2D eigenvalue weighted by Gasteiger charge is -2.24. The lowest BCUT2D eigenvalue weighted by Crippen LogP contribution is -2.35. The molecule has 120 valence electrons. The maximum atomic E-state index is 12.5. The Labute approximate surface area is 133 Å². The van der Waals surface area contributed by atoms with Crippen LogP contribution in [0.4, 0.5) is 0 Å². The van der Waals surface area contributed by atoms with Gasteiger partial charge in [0.1, 0.15) is 0 Å². The second-order valence-electron chi connectivity index (χ2n) is 6.70. The molecule has 3 heteroatoms. The van der Waals surface area contributed by atoms with E-state index >= 15 is 0 Å². The first kappa shape index (κ1) is 15.5. The predicted molar refractivity (Wildman–Crippen MR) is 87.7 cm³/mol. The van der Waals surface area contributed by atoms with Crippen LogP contribution in [-0.2, 0) is 14.9 Å². The molecular formula is C19H27NO2. The highest BCUT2D eigenvalue weighted by Crippen LogP contribution is 2.55. The second kappa shape index (κ2) is 6.82. The van der Waals surface area contributed by atoms with Crippen molar-refractivity contribution in [2.45, 2.75) is 56.9 Å². The van der Waals surface area contributed by atoms with Gasteiger partial charge in [-0.25, -0.2) is 0 Å². The summed E-state index contributed by atoms with van der Waals surface area (Å²) in [6.45, 7) is 3.27. The average Bonchev–Trinajstić information content (AvgIpc) is 3.31. The summed E-state index contributed by atoms with van der Waals surface area (Å²) in [7, 11) is 0. The van der Waals surface area contributed by atoms with Crippen molar-refractivity contribution in [3.05, 3.63) is 35.9 Å². The van der Waals surface area contributed by atoms with Gasteiger partial charge in [-0.15, -0.1) is 0 Å². The summed E-state index contributed by atoms with van der Waals surface area (Å²) >= 11 is 0. The van der Waals surface area contributed by atoms with Gasteiger partial charge in [0.25, 0.3) is 0 Å². The molecule has 0 aliphatic heterocycles. The number of carbonyl (C=O) groups excluding carboxylic acids is 1. The van der Waals surface area contributed by atoms with E-state index in [9.17, 15) is 4.79 Å². The number of rotatable bonds is 6. The van der Waals surface area contributed by atoms with Gasteiger partial charge in [0.05, 0.1) is 12.0 Å². The summed E-state index contributed by atoms with van der Waals surface area (Å²) in [5.74, 6) is 0.326. The first-order valence-electron chi connectivity index (χ1n) is 8.73. The van der Waals surface area contributed by atoms with Gasteiger partial charge in [-0.1, -0.05) is 49.6 Å². The van der Waals surface area contributed by atoms with Crippen molar-refractivity contribution < 1.29 is 9.53 Å². The fourth-order valence-corrected chi connectivity index (χ4v) is 3.91. The monoisotopic (exact) mass is 301 g/mol. The van der Waals surface area contributed by atoms with E-state index in [1.54, 1.807) is 0 Å². The molecule has 2 aliphatic carbocycles. The molecule has 0 saturated heterocycles. The Kier molecular flexibility index (Phi) is 4.82. The summed E-state index contributed by atoms with van der Waals surface area (Å²) in [4.78, 5) is 12.5. The van der Waals surface area contributed by atoms with E-state index in [4.69, 9.17) is 4.74 Å². The maximum Gasteiger partial charge on any atom is 0.316 e. The lowest BCUT2D eigenvalue weighted by atomic mass is 9.92. The topological polar surface area (TPSA) is 38.3 Å². The third-order valence-corrected chi connectivity index (χ3v) is 5.29. The van der Waals surface area contributed by atoms with Crippen molar-refractivity contribution in [1.82, 2.24) is 5.32 Å². The average molecular weight is 301 g/mol. The van der Waals surface area contributed by atoms with Crippen LogP contribution >= 0.6 is 0 Å². The molecular weight excluding hydrogens is 274 g/mol. The van der Waals surface area contributed by atoms with Gasteiger partial charge in [0.15, 0.2) is 0 Å². The van der Waals surface area contributed by atoms with E-state index < -0.39 is 5.41 Å². The van der Waals surface area contributed by atoms with Gasteiger partial charge >= 0.3 is 5.97 Å². The highest BCUT2D eigenvalue weighted by Gasteiger charge is 2.61. The summed E-state index contributed by atoms with van der Waals surface area (Å²) in [6.07, 6.45) is 7.52. The summed E-state index contributed by atoms with van der Waals surface area (Å²) in [6, 6.07) is 10.8. The molecule has 0 amide bonds. The van der Waals surface area contributed by atoms with Crippen molar-refractivity contribution in [3.8, 4) is 0 Å². The molecule has 1 aromatic rings. The highest BCUT2D eigenvalue weighted by atomic mass is 16.5. The molecule has 2 aliphatic rings. The lowest BCUT2D eigenvalue weighted by molar-refractivity contribution is -0.146. The number of esters is 1. The molecule has 0 radical (unpaired) electrons. The van der Waals surface area contributed by atoms with Crippen molar-refractivity contribution in [3.63, 3.8) is 0 Å². The van der Waals surface area contributed by atoms with Crippen LogP contribution < -0.4 is 5.32 Å². The quantitative estimate of drug-likeness (QED) is 0.818.